The van der Waals surface area contributed by atoms with E-state index in [0.717, 1.165) is 55.2 Å². The number of benzene rings is 1. The molecule has 0 amide bonds. The maximum absolute atomic E-state index is 13.1. The van der Waals surface area contributed by atoms with Gasteiger partial charge in [0.05, 0.1) is 6.42 Å². The number of carboxylic acid groups (broad SMARTS) is 1. The lowest BCUT2D eigenvalue weighted by Gasteiger charge is -2.41. The number of aryl methyl sites for hydroxylation is 1. The van der Waals surface area contributed by atoms with Gasteiger partial charge in [0.1, 0.15) is 16.0 Å². The molecular formula is C24H27F3N4O2S. The first-order valence-electron chi connectivity index (χ1n) is 11.3. The number of hydrogen-bond acceptors (Lipinski definition) is 6. The van der Waals surface area contributed by atoms with E-state index in [-0.39, 0.29) is 12.5 Å². The quantitative estimate of drug-likeness (QED) is 0.493. The van der Waals surface area contributed by atoms with Crippen molar-refractivity contribution >= 4 is 32.8 Å². The van der Waals surface area contributed by atoms with Crippen LogP contribution >= 0.6 is 11.3 Å². The molecule has 0 aliphatic carbocycles. The predicted octanol–water partition coefficient (Wildman–Crippen LogP) is 5.14. The summed E-state index contributed by atoms with van der Waals surface area (Å²) in [7, 11) is 0. The van der Waals surface area contributed by atoms with Crippen LogP contribution in [0.1, 0.15) is 42.1 Å². The minimum absolute atomic E-state index is 0.00259. The molecule has 182 valence electrons. The second-order valence-corrected chi connectivity index (χ2v) is 9.74. The Kier molecular flexibility index (Phi) is 7.09. The van der Waals surface area contributed by atoms with Gasteiger partial charge in [-0.05, 0) is 36.6 Å². The van der Waals surface area contributed by atoms with Crippen molar-refractivity contribution in [3.63, 3.8) is 0 Å². The molecule has 1 fully saturated rings. The van der Waals surface area contributed by atoms with Crippen molar-refractivity contribution in [1.29, 1.82) is 0 Å². The number of carboxylic acids is 1. The number of rotatable bonds is 7. The van der Waals surface area contributed by atoms with Crippen molar-refractivity contribution in [2.75, 3.05) is 24.5 Å². The zero-order chi connectivity index (χ0) is 24.5. The van der Waals surface area contributed by atoms with Crippen LogP contribution in [-0.2, 0) is 23.9 Å². The van der Waals surface area contributed by atoms with Gasteiger partial charge in [-0.2, -0.15) is 13.2 Å². The van der Waals surface area contributed by atoms with Crippen molar-refractivity contribution in [3.8, 4) is 0 Å². The number of alkyl halides is 3. The van der Waals surface area contributed by atoms with E-state index in [9.17, 15) is 18.0 Å². The number of nitrogens with zero attached hydrogens (tertiary/aromatic N) is 4. The highest BCUT2D eigenvalue weighted by atomic mass is 32.1. The number of aliphatic carboxylic acids is 1. The summed E-state index contributed by atoms with van der Waals surface area (Å²) in [5.74, 6) is -0.846. The van der Waals surface area contributed by atoms with Crippen molar-refractivity contribution in [2.45, 2.75) is 51.9 Å². The fourth-order valence-electron chi connectivity index (χ4n) is 4.56. The van der Waals surface area contributed by atoms with Gasteiger partial charge < -0.3 is 10.0 Å². The maximum Gasteiger partial charge on any atom is 0.433 e. The topological polar surface area (TPSA) is 69.6 Å². The van der Waals surface area contributed by atoms with Gasteiger partial charge in [-0.15, -0.1) is 0 Å². The summed E-state index contributed by atoms with van der Waals surface area (Å²) in [6.45, 7) is 7.10. The first kappa shape index (κ1) is 24.4. The molecule has 1 aliphatic heterocycles. The normalized spacial score (nSPS) is 17.4. The number of hydrogen-bond donors (Lipinski definition) is 1. The van der Waals surface area contributed by atoms with Crippen LogP contribution in [0.15, 0.2) is 30.3 Å². The highest BCUT2D eigenvalue weighted by Crippen LogP contribution is 2.34. The lowest BCUT2D eigenvalue weighted by atomic mass is 10.0. The number of carbonyl (C=O) groups is 1. The van der Waals surface area contributed by atoms with Crippen molar-refractivity contribution in [3.05, 3.63) is 52.7 Å². The van der Waals surface area contributed by atoms with Gasteiger partial charge in [-0.25, -0.2) is 9.97 Å². The first-order chi connectivity index (χ1) is 16.1. The lowest BCUT2D eigenvalue weighted by Crippen LogP contribution is -2.52. The van der Waals surface area contributed by atoms with Crippen LogP contribution < -0.4 is 4.90 Å². The van der Waals surface area contributed by atoms with E-state index in [0.29, 0.717) is 22.0 Å². The van der Waals surface area contributed by atoms with Gasteiger partial charge in [0.2, 0.25) is 0 Å². The molecule has 1 N–H and O–H groups in total. The van der Waals surface area contributed by atoms with E-state index in [4.69, 9.17) is 5.11 Å². The fraction of sp³-hybridized carbons (Fsp3) is 0.458. The minimum atomic E-state index is -4.48. The standard InChI is InChI=1S/C24H27F3N4O2S/c1-3-4-18-14-30(13-17-10-15(2)9-16(11-17)12-21(32)33)7-8-31(18)23-28-19-5-6-20(24(25,26)27)29-22(19)34-23/h5-6,9-11,18H,3-4,7-8,12-14H2,1-2H3,(H,32,33)/t18-/m1/s1. The molecule has 0 bridgehead atoms. The van der Waals surface area contributed by atoms with Crippen LogP contribution in [0, 0.1) is 6.92 Å². The predicted molar refractivity (Wildman–Crippen MR) is 126 cm³/mol. The lowest BCUT2D eigenvalue weighted by molar-refractivity contribution is -0.141. The SMILES string of the molecule is CCC[C@@H]1CN(Cc2cc(C)cc(CC(=O)O)c2)CCN1c1nc2ccc(C(F)(F)F)nc2s1. The molecule has 3 heterocycles. The summed E-state index contributed by atoms with van der Waals surface area (Å²) in [5, 5.41) is 9.84. The fourth-order valence-corrected chi connectivity index (χ4v) is 5.59. The number of halogens is 3. The molecule has 1 aliphatic rings. The minimum Gasteiger partial charge on any atom is -0.481 e. The summed E-state index contributed by atoms with van der Waals surface area (Å²) in [6.07, 6.45) is -2.56. The van der Waals surface area contributed by atoms with Crippen molar-refractivity contribution in [2.24, 2.45) is 0 Å². The Balaban J connectivity index is 1.51. The van der Waals surface area contributed by atoms with Crippen LogP contribution in [0.5, 0.6) is 0 Å². The average molecular weight is 493 g/mol. The third-order valence-electron chi connectivity index (χ3n) is 5.93. The highest BCUT2D eigenvalue weighted by Gasteiger charge is 2.33. The highest BCUT2D eigenvalue weighted by molar-refractivity contribution is 7.21. The average Bonchev–Trinajstić information content (AvgIpc) is 3.16. The molecule has 6 nitrogen and oxygen atoms in total. The van der Waals surface area contributed by atoms with Gasteiger partial charge in [0.25, 0.3) is 0 Å². The van der Waals surface area contributed by atoms with Crippen molar-refractivity contribution in [1.82, 2.24) is 14.9 Å². The Morgan fingerprint density at radius 1 is 1.18 bits per heavy atom. The smallest absolute Gasteiger partial charge is 0.433 e. The van der Waals surface area contributed by atoms with Gasteiger partial charge in [0, 0.05) is 32.2 Å². The Morgan fingerprint density at radius 2 is 1.94 bits per heavy atom. The third kappa shape index (κ3) is 5.67. The van der Waals surface area contributed by atoms with Crippen LogP contribution in [0.2, 0.25) is 0 Å². The maximum atomic E-state index is 13.1. The molecular weight excluding hydrogens is 465 g/mol. The number of anilines is 1. The van der Waals surface area contributed by atoms with Crippen LogP contribution in [-0.4, -0.2) is 51.6 Å². The molecule has 4 rings (SSSR count). The monoisotopic (exact) mass is 492 g/mol. The van der Waals surface area contributed by atoms with E-state index in [1.54, 1.807) is 0 Å². The van der Waals surface area contributed by atoms with Gasteiger partial charge >= 0.3 is 12.1 Å². The Bertz CT molecular complexity index is 1180. The summed E-state index contributed by atoms with van der Waals surface area (Å²) in [6, 6.07) is 8.51. The zero-order valence-corrected chi connectivity index (χ0v) is 19.9. The molecule has 0 radical (unpaired) electrons. The van der Waals surface area contributed by atoms with Crippen LogP contribution in [0.4, 0.5) is 18.3 Å². The summed E-state index contributed by atoms with van der Waals surface area (Å²) in [5.41, 5.74) is 2.51. The number of thiazole rings is 1. The molecule has 1 atom stereocenters. The molecule has 1 aromatic carbocycles. The molecule has 0 spiro atoms. The molecule has 1 saturated heterocycles. The largest absolute Gasteiger partial charge is 0.481 e. The van der Waals surface area contributed by atoms with E-state index >= 15 is 0 Å². The van der Waals surface area contributed by atoms with Crippen molar-refractivity contribution < 1.29 is 23.1 Å². The van der Waals surface area contributed by atoms with Gasteiger partial charge in [-0.1, -0.05) is 48.4 Å². The molecule has 10 heteroatoms. The summed E-state index contributed by atoms with van der Waals surface area (Å²) >= 11 is 1.21. The zero-order valence-electron chi connectivity index (χ0n) is 19.1. The van der Waals surface area contributed by atoms with E-state index in [1.807, 2.05) is 19.1 Å². The number of pyridine rings is 1. The Hall–Kier alpha value is -2.72. The van der Waals surface area contributed by atoms with E-state index in [1.165, 1.54) is 17.4 Å². The third-order valence-corrected chi connectivity index (χ3v) is 6.93. The summed E-state index contributed by atoms with van der Waals surface area (Å²) in [4.78, 5) is 24.4. The summed E-state index contributed by atoms with van der Waals surface area (Å²) < 4.78 is 39.2. The van der Waals surface area contributed by atoms with E-state index < -0.39 is 17.8 Å². The second-order valence-electron chi connectivity index (χ2n) is 8.78. The number of piperazine rings is 1. The molecule has 2 aromatic heterocycles. The van der Waals surface area contributed by atoms with Gasteiger partial charge in [0.15, 0.2) is 5.13 Å². The van der Waals surface area contributed by atoms with Crippen LogP contribution in [0.25, 0.3) is 10.3 Å². The van der Waals surface area contributed by atoms with Crippen LogP contribution in [0.3, 0.4) is 0 Å². The molecule has 34 heavy (non-hydrogen) atoms. The number of aromatic nitrogens is 2. The Labute approximate surface area is 200 Å². The first-order valence-corrected chi connectivity index (χ1v) is 12.1. The molecule has 0 saturated carbocycles. The molecule has 3 aromatic rings. The Morgan fingerprint density at radius 3 is 2.65 bits per heavy atom. The molecule has 0 unspecified atom stereocenters. The van der Waals surface area contributed by atoms with Gasteiger partial charge in [-0.3, -0.25) is 9.69 Å². The second kappa shape index (κ2) is 9.87. The number of fused-ring (bicyclic) bond motifs is 1. The van der Waals surface area contributed by atoms with E-state index in [2.05, 4.69) is 32.8 Å².